The van der Waals surface area contributed by atoms with Crippen LogP contribution in [0.3, 0.4) is 0 Å². The molecule has 5 N–H and O–H groups in total. The van der Waals surface area contributed by atoms with E-state index >= 15 is 0 Å². The van der Waals surface area contributed by atoms with Crippen molar-refractivity contribution < 1.29 is 31.5 Å². The van der Waals surface area contributed by atoms with Crippen LogP contribution in [0.25, 0.3) is 0 Å². The highest BCUT2D eigenvalue weighted by molar-refractivity contribution is 6.40. The highest BCUT2D eigenvalue weighted by atomic mass is 19.4. The number of carbonyl (C=O) groups is 1. The van der Waals surface area contributed by atoms with Crippen LogP contribution in [-0.2, 0) is 9.53 Å². The summed E-state index contributed by atoms with van der Waals surface area (Å²) in [6, 6.07) is -0.538. The van der Waals surface area contributed by atoms with Crippen LogP contribution >= 0.6 is 0 Å². The molecule has 1 aromatic rings. The topological polar surface area (TPSA) is 132 Å². The molecule has 3 fully saturated rings. The van der Waals surface area contributed by atoms with E-state index in [2.05, 4.69) is 20.3 Å². The van der Waals surface area contributed by atoms with Crippen molar-refractivity contribution in [3.63, 3.8) is 0 Å². The minimum Gasteiger partial charge on any atom is -0.378 e. The molecule has 4 rings (SSSR count). The Morgan fingerprint density at radius 2 is 1.97 bits per heavy atom. The molecule has 1 amide bonds. The second kappa shape index (κ2) is 11.0. The zero-order chi connectivity index (χ0) is 26.8. The number of aromatic amines is 1. The Morgan fingerprint density at radius 3 is 2.62 bits per heavy atom. The lowest BCUT2D eigenvalue weighted by atomic mass is 9.81. The van der Waals surface area contributed by atoms with Gasteiger partial charge in [0.15, 0.2) is 5.84 Å². The number of amides is 1. The SMILES string of the molecule is N=C(CC1C[C@@H](C(F)(F)F)CNC1=O)/C(=N\c1ncc([C@@H](N)C2CCC(F)(F)CC2)[nH]1)N1CCOCC1. The zero-order valence-electron chi connectivity index (χ0n) is 20.3. The minimum atomic E-state index is -4.44. The van der Waals surface area contributed by atoms with Gasteiger partial charge < -0.3 is 31.1 Å². The number of alkyl halides is 5. The average molecular weight is 534 g/mol. The predicted molar refractivity (Wildman–Crippen MR) is 125 cm³/mol. The molecule has 3 atom stereocenters. The Kier molecular flexibility index (Phi) is 8.17. The summed E-state index contributed by atoms with van der Waals surface area (Å²) in [5.74, 6) is -5.67. The number of amidine groups is 1. The van der Waals surface area contributed by atoms with Gasteiger partial charge in [0, 0.05) is 50.9 Å². The van der Waals surface area contributed by atoms with Crippen LogP contribution in [0, 0.1) is 23.2 Å². The molecule has 37 heavy (non-hydrogen) atoms. The van der Waals surface area contributed by atoms with E-state index in [1.807, 2.05) is 0 Å². The molecule has 1 aromatic heterocycles. The van der Waals surface area contributed by atoms with E-state index in [9.17, 15) is 26.7 Å². The van der Waals surface area contributed by atoms with Gasteiger partial charge in [-0.15, -0.1) is 0 Å². The van der Waals surface area contributed by atoms with Gasteiger partial charge in [-0.2, -0.15) is 18.2 Å². The van der Waals surface area contributed by atoms with Crippen molar-refractivity contribution >= 4 is 23.4 Å². The number of imidazole rings is 1. The maximum Gasteiger partial charge on any atom is 0.393 e. The van der Waals surface area contributed by atoms with Gasteiger partial charge in [-0.1, -0.05) is 0 Å². The predicted octanol–water partition coefficient (Wildman–Crippen LogP) is 3.32. The van der Waals surface area contributed by atoms with E-state index in [-0.39, 0.29) is 55.5 Å². The summed E-state index contributed by atoms with van der Waals surface area (Å²) in [4.78, 5) is 25.8. The maximum atomic E-state index is 13.5. The van der Waals surface area contributed by atoms with Crippen molar-refractivity contribution in [2.45, 2.75) is 56.7 Å². The van der Waals surface area contributed by atoms with Crippen molar-refractivity contribution in [2.24, 2.45) is 28.5 Å². The Hall–Kier alpha value is -2.61. The van der Waals surface area contributed by atoms with Crippen molar-refractivity contribution in [3.05, 3.63) is 11.9 Å². The van der Waals surface area contributed by atoms with E-state index in [1.165, 1.54) is 6.20 Å². The summed E-state index contributed by atoms with van der Waals surface area (Å²) in [6.07, 6.45) is -3.41. The highest BCUT2D eigenvalue weighted by Crippen LogP contribution is 2.40. The number of ether oxygens (including phenoxy) is 1. The molecule has 3 heterocycles. The molecule has 1 aliphatic carbocycles. The number of rotatable bonds is 6. The first-order valence-electron chi connectivity index (χ1n) is 12.4. The monoisotopic (exact) mass is 533 g/mol. The van der Waals surface area contributed by atoms with Crippen molar-refractivity contribution in [3.8, 4) is 0 Å². The Labute approximate surface area is 210 Å². The third-order valence-electron chi connectivity index (χ3n) is 7.38. The molecule has 3 aliphatic rings. The van der Waals surface area contributed by atoms with Gasteiger partial charge in [-0.25, -0.2) is 13.8 Å². The fraction of sp³-hybridized carbons (Fsp3) is 0.739. The van der Waals surface area contributed by atoms with Crippen LogP contribution < -0.4 is 11.1 Å². The molecule has 0 bridgehead atoms. The lowest BCUT2D eigenvalue weighted by Gasteiger charge is -2.33. The number of nitrogens with zero attached hydrogens (tertiary/aromatic N) is 3. The molecule has 1 unspecified atom stereocenters. The highest BCUT2D eigenvalue weighted by Gasteiger charge is 2.45. The number of aromatic nitrogens is 2. The average Bonchev–Trinajstić information content (AvgIpc) is 3.32. The van der Waals surface area contributed by atoms with E-state index in [1.54, 1.807) is 4.90 Å². The van der Waals surface area contributed by atoms with Gasteiger partial charge in [0.05, 0.1) is 36.7 Å². The summed E-state index contributed by atoms with van der Waals surface area (Å²) in [5.41, 5.74) is 6.77. The normalized spacial score (nSPS) is 26.6. The molecule has 0 spiro atoms. The quantitative estimate of drug-likeness (QED) is 0.253. The number of hydrogen-bond acceptors (Lipinski definition) is 6. The fourth-order valence-corrected chi connectivity index (χ4v) is 5.10. The fourth-order valence-electron chi connectivity index (χ4n) is 5.10. The van der Waals surface area contributed by atoms with Crippen LogP contribution in [0.5, 0.6) is 0 Å². The van der Waals surface area contributed by atoms with E-state index in [0.29, 0.717) is 32.0 Å². The number of morpholine rings is 1. The summed E-state index contributed by atoms with van der Waals surface area (Å²) in [7, 11) is 0. The molecule has 2 aliphatic heterocycles. The Balaban J connectivity index is 1.50. The molecule has 9 nitrogen and oxygen atoms in total. The second-order valence-corrected chi connectivity index (χ2v) is 10.0. The van der Waals surface area contributed by atoms with Gasteiger partial charge in [-0.3, -0.25) is 4.79 Å². The number of H-pyrrole nitrogens is 1. The number of hydrogen-bond donors (Lipinski definition) is 4. The number of carbonyl (C=O) groups excluding carboxylic acids is 1. The lowest BCUT2D eigenvalue weighted by molar-refractivity contribution is -0.183. The van der Waals surface area contributed by atoms with Gasteiger partial charge in [-0.05, 0) is 25.2 Å². The molecular weight excluding hydrogens is 501 g/mol. The third-order valence-corrected chi connectivity index (χ3v) is 7.38. The van der Waals surface area contributed by atoms with Crippen LogP contribution in [0.15, 0.2) is 11.2 Å². The third kappa shape index (κ3) is 6.83. The minimum absolute atomic E-state index is 0.0818. The zero-order valence-corrected chi connectivity index (χ0v) is 20.3. The molecule has 0 aromatic carbocycles. The van der Waals surface area contributed by atoms with Crippen molar-refractivity contribution in [1.82, 2.24) is 20.2 Å². The number of piperidine rings is 1. The van der Waals surface area contributed by atoms with Crippen LogP contribution in [0.1, 0.15) is 50.3 Å². The van der Waals surface area contributed by atoms with Crippen LogP contribution in [0.2, 0.25) is 0 Å². The maximum absolute atomic E-state index is 13.5. The first kappa shape index (κ1) is 27.4. The number of nitrogens with one attached hydrogen (secondary N) is 3. The second-order valence-electron chi connectivity index (χ2n) is 10.0. The lowest BCUT2D eigenvalue weighted by Crippen LogP contribution is -2.49. The summed E-state index contributed by atoms with van der Waals surface area (Å²) < 4.78 is 72.1. The van der Waals surface area contributed by atoms with Crippen molar-refractivity contribution in [2.75, 3.05) is 32.8 Å². The molecule has 206 valence electrons. The van der Waals surface area contributed by atoms with E-state index in [4.69, 9.17) is 15.9 Å². The van der Waals surface area contributed by atoms with Gasteiger partial charge in [0.2, 0.25) is 17.8 Å². The molecular formula is C23H32F5N7O2. The Morgan fingerprint density at radius 1 is 1.30 bits per heavy atom. The van der Waals surface area contributed by atoms with Gasteiger partial charge >= 0.3 is 6.18 Å². The van der Waals surface area contributed by atoms with Crippen LogP contribution in [-0.4, -0.2) is 77.3 Å². The van der Waals surface area contributed by atoms with Crippen molar-refractivity contribution in [1.29, 1.82) is 5.41 Å². The van der Waals surface area contributed by atoms with Gasteiger partial charge in [0.1, 0.15) is 0 Å². The van der Waals surface area contributed by atoms with E-state index in [0.717, 1.165) is 0 Å². The van der Waals surface area contributed by atoms with Gasteiger partial charge in [0.25, 0.3) is 0 Å². The number of halogens is 5. The number of nitrogens with two attached hydrogens (primary N) is 1. The standard InChI is InChI=1S/C23H32F5N7O2/c24-22(25)3-1-13(2-4-22)18(30)17-12-32-21(33-17)34-19(35-5-7-37-8-6-35)16(29)10-14-9-15(23(26,27)28)11-31-20(14)36/h12-15,18,29H,1-11,30H2,(H,31,36)(H,32,33)/b29-16?,34-19+/t14?,15-,18+/m1/s1. The summed E-state index contributed by atoms with van der Waals surface area (Å²) in [6.45, 7) is 1.11. The summed E-state index contributed by atoms with van der Waals surface area (Å²) >= 11 is 0. The van der Waals surface area contributed by atoms with E-state index < -0.39 is 48.8 Å². The first-order chi connectivity index (χ1) is 17.4. The Bertz CT molecular complexity index is 996. The number of aliphatic imine (C=N–C) groups is 1. The molecule has 0 radical (unpaired) electrons. The largest absolute Gasteiger partial charge is 0.393 e. The first-order valence-corrected chi connectivity index (χ1v) is 12.4. The smallest absolute Gasteiger partial charge is 0.378 e. The molecule has 2 saturated heterocycles. The van der Waals surface area contributed by atoms with Crippen LogP contribution in [0.4, 0.5) is 27.9 Å². The summed E-state index contributed by atoms with van der Waals surface area (Å²) in [5, 5.41) is 11.0. The molecule has 14 heteroatoms. The molecule has 1 saturated carbocycles.